The van der Waals surface area contributed by atoms with Crippen LogP contribution in [-0.2, 0) is 10.2 Å². The highest BCUT2D eigenvalue weighted by Gasteiger charge is 2.28. The zero-order valence-electron chi connectivity index (χ0n) is 8.61. The highest BCUT2D eigenvalue weighted by molar-refractivity contribution is 5.80. The molecule has 0 atom stereocenters. The van der Waals surface area contributed by atoms with Crippen molar-refractivity contribution >= 4 is 11.7 Å². The SMILES string of the molecule is C[N-]c1ccc(C(C)(C)C(=O)O)cc1. The van der Waals surface area contributed by atoms with Crippen molar-refractivity contribution in [1.29, 1.82) is 0 Å². The molecule has 0 unspecified atom stereocenters. The fourth-order valence-electron chi connectivity index (χ4n) is 1.15. The number of benzene rings is 1. The molecule has 0 amide bonds. The Hall–Kier alpha value is -1.51. The van der Waals surface area contributed by atoms with Crippen molar-refractivity contribution < 1.29 is 9.90 Å². The van der Waals surface area contributed by atoms with Gasteiger partial charge in [-0.1, -0.05) is 24.3 Å². The second kappa shape index (κ2) is 3.70. The molecule has 0 heterocycles. The van der Waals surface area contributed by atoms with Gasteiger partial charge in [-0.25, -0.2) is 0 Å². The topological polar surface area (TPSA) is 51.4 Å². The summed E-state index contributed by atoms with van der Waals surface area (Å²) in [5.74, 6) is -0.821. The van der Waals surface area contributed by atoms with E-state index in [9.17, 15) is 4.79 Å². The van der Waals surface area contributed by atoms with Crippen molar-refractivity contribution in [2.24, 2.45) is 0 Å². The zero-order chi connectivity index (χ0) is 10.8. The van der Waals surface area contributed by atoms with Gasteiger partial charge in [0.15, 0.2) is 0 Å². The van der Waals surface area contributed by atoms with Crippen molar-refractivity contribution in [3.05, 3.63) is 35.1 Å². The molecule has 1 aromatic rings. The number of nitrogens with zero attached hydrogens (tertiary/aromatic N) is 1. The van der Waals surface area contributed by atoms with Gasteiger partial charge in [0.1, 0.15) is 0 Å². The third-order valence-corrected chi connectivity index (χ3v) is 2.38. The van der Waals surface area contributed by atoms with Crippen LogP contribution in [0.25, 0.3) is 5.32 Å². The Morgan fingerprint density at radius 3 is 2.14 bits per heavy atom. The first-order valence-corrected chi connectivity index (χ1v) is 4.42. The lowest BCUT2D eigenvalue weighted by molar-refractivity contribution is -0.142. The van der Waals surface area contributed by atoms with Gasteiger partial charge >= 0.3 is 5.97 Å². The van der Waals surface area contributed by atoms with Gasteiger partial charge in [-0.2, -0.15) is 0 Å². The Labute approximate surface area is 83.8 Å². The summed E-state index contributed by atoms with van der Waals surface area (Å²) in [5, 5.41) is 13.0. The second-order valence-corrected chi connectivity index (χ2v) is 3.70. The first-order chi connectivity index (χ1) is 6.48. The fourth-order valence-corrected chi connectivity index (χ4v) is 1.15. The van der Waals surface area contributed by atoms with Crippen molar-refractivity contribution in [1.82, 2.24) is 0 Å². The monoisotopic (exact) mass is 192 g/mol. The standard InChI is InChI=1S/C11H14NO2/c1-11(2,10(13)14)8-4-6-9(12-3)7-5-8/h4-7H,1-3H3,(H,13,14)/q-1. The molecule has 1 rings (SSSR count). The molecule has 0 aromatic heterocycles. The Balaban J connectivity index is 3.02. The molecule has 1 N–H and O–H groups in total. The molecule has 76 valence electrons. The summed E-state index contributed by atoms with van der Waals surface area (Å²) < 4.78 is 0. The molecule has 0 saturated heterocycles. The van der Waals surface area contributed by atoms with Crippen LogP contribution in [0.5, 0.6) is 0 Å². The predicted molar refractivity (Wildman–Crippen MR) is 56.0 cm³/mol. The van der Waals surface area contributed by atoms with Crippen LogP contribution in [0.4, 0.5) is 5.69 Å². The van der Waals surface area contributed by atoms with Gasteiger partial charge < -0.3 is 10.4 Å². The van der Waals surface area contributed by atoms with E-state index in [1.807, 2.05) is 12.1 Å². The van der Waals surface area contributed by atoms with Crippen molar-refractivity contribution in [3.63, 3.8) is 0 Å². The van der Waals surface area contributed by atoms with Crippen LogP contribution in [-0.4, -0.2) is 18.1 Å². The minimum absolute atomic E-state index is 0.789. The molecule has 3 heteroatoms. The first-order valence-electron chi connectivity index (χ1n) is 4.42. The van der Waals surface area contributed by atoms with E-state index < -0.39 is 11.4 Å². The maximum absolute atomic E-state index is 11.0. The molecule has 14 heavy (non-hydrogen) atoms. The molecule has 0 radical (unpaired) electrons. The largest absolute Gasteiger partial charge is 0.687 e. The smallest absolute Gasteiger partial charge is 0.313 e. The number of aliphatic carboxylic acids is 1. The number of carboxylic acids is 1. The number of carbonyl (C=O) groups is 1. The quantitative estimate of drug-likeness (QED) is 0.800. The van der Waals surface area contributed by atoms with Crippen LogP contribution < -0.4 is 0 Å². The minimum Gasteiger partial charge on any atom is -0.687 e. The average molecular weight is 192 g/mol. The molecule has 0 aliphatic carbocycles. The van der Waals surface area contributed by atoms with E-state index in [1.165, 1.54) is 0 Å². The lowest BCUT2D eigenvalue weighted by Crippen LogP contribution is -2.28. The molecule has 0 aliphatic heterocycles. The van der Waals surface area contributed by atoms with Gasteiger partial charge in [-0.05, 0) is 19.4 Å². The maximum atomic E-state index is 11.0. The van der Waals surface area contributed by atoms with Crippen LogP contribution in [0.2, 0.25) is 0 Å². The van der Waals surface area contributed by atoms with Crippen molar-refractivity contribution in [3.8, 4) is 0 Å². The summed E-state index contributed by atoms with van der Waals surface area (Å²) >= 11 is 0. The summed E-state index contributed by atoms with van der Waals surface area (Å²) in [6.45, 7) is 3.38. The summed E-state index contributed by atoms with van der Waals surface area (Å²) in [4.78, 5) is 11.0. The zero-order valence-corrected chi connectivity index (χ0v) is 8.61. The number of carboxylic acid groups (broad SMARTS) is 1. The summed E-state index contributed by atoms with van der Waals surface area (Å²) in [6, 6.07) is 7.24. The third-order valence-electron chi connectivity index (χ3n) is 2.38. The van der Waals surface area contributed by atoms with Crippen molar-refractivity contribution in [2.45, 2.75) is 19.3 Å². The molecule has 1 aromatic carbocycles. The second-order valence-electron chi connectivity index (χ2n) is 3.70. The van der Waals surface area contributed by atoms with E-state index in [0.29, 0.717) is 0 Å². The van der Waals surface area contributed by atoms with Crippen LogP contribution in [0.15, 0.2) is 24.3 Å². The maximum Gasteiger partial charge on any atom is 0.313 e. The number of hydrogen-bond donors (Lipinski definition) is 1. The molecule has 0 spiro atoms. The highest BCUT2D eigenvalue weighted by atomic mass is 16.4. The van der Waals surface area contributed by atoms with Crippen LogP contribution >= 0.6 is 0 Å². The molecular weight excluding hydrogens is 178 g/mol. The third kappa shape index (κ3) is 1.87. The highest BCUT2D eigenvalue weighted by Crippen LogP contribution is 2.26. The molecule has 0 aliphatic rings. The van der Waals surface area contributed by atoms with Gasteiger partial charge in [0, 0.05) is 0 Å². The Kier molecular flexibility index (Phi) is 2.79. The average Bonchev–Trinajstić information content (AvgIpc) is 2.17. The summed E-state index contributed by atoms with van der Waals surface area (Å²) in [5.41, 5.74) is 0.805. The van der Waals surface area contributed by atoms with Gasteiger partial charge in [-0.3, -0.25) is 4.79 Å². The lowest BCUT2D eigenvalue weighted by atomic mass is 9.85. The van der Waals surface area contributed by atoms with Gasteiger partial charge in [-0.15, -0.1) is 12.7 Å². The predicted octanol–water partition coefficient (Wildman–Crippen LogP) is 2.68. The first kappa shape index (κ1) is 10.6. The lowest BCUT2D eigenvalue weighted by Gasteiger charge is -2.21. The van der Waals surface area contributed by atoms with Gasteiger partial charge in [0.2, 0.25) is 0 Å². The Morgan fingerprint density at radius 1 is 1.29 bits per heavy atom. The Bertz CT molecular complexity index is 328. The van der Waals surface area contributed by atoms with E-state index in [4.69, 9.17) is 5.11 Å². The summed E-state index contributed by atoms with van der Waals surface area (Å²) in [7, 11) is 1.71. The van der Waals surface area contributed by atoms with E-state index in [-0.39, 0.29) is 0 Å². The molecular formula is C11H14NO2-. The number of rotatable bonds is 3. The number of hydrogen-bond acceptors (Lipinski definition) is 1. The molecule has 0 fully saturated rings. The molecule has 0 saturated carbocycles. The molecule has 0 bridgehead atoms. The van der Waals surface area contributed by atoms with E-state index >= 15 is 0 Å². The normalized spacial score (nSPS) is 11.1. The van der Waals surface area contributed by atoms with Crippen LogP contribution in [0.3, 0.4) is 0 Å². The van der Waals surface area contributed by atoms with Gasteiger partial charge in [0.25, 0.3) is 0 Å². The van der Waals surface area contributed by atoms with Gasteiger partial charge in [0.05, 0.1) is 5.41 Å². The van der Waals surface area contributed by atoms with E-state index in [1.54, 1.807) is 33.0 Å². The minimum atomic E-state index is -0.841. The van der Waals surface area contributed by atoms with Crippen LogP contribution in [0, 0.1) is 0 Å². The molecule has 3 nitrogen and oxygen atoms in total. The van der Waals surface area contributed by atoms with E-state index in [0.717, 1.165) is 11.3 Å². The van der Waals surface area contributed by atoms with Crippen molar-refractivity contribution in [2.75, 3.05) is 7.05 Å². The van der Waals surface area contributed by atoms with Crippen LogP contribution in [0.1, 0.15) is 19.4 Å². The Morgan fingerprint density at radius 2 is 1.79 bits per heavy atom. The van der Waals surface area contributed by atoms with E-state index in [2.05, 4.69) is 5.32 Å². The fraction of sp³-hybridized carbons (Fsp3) is 0.364. The summed E-state index contributed by atoms with van der Waals surface area (Å²) in [6.07, 6.45) is 0.